The predicted molar refractivity (Wildman–Crippen MR) is 83.4 cm³/mol. The van der Waals surface area contributed by atoms with E-state index in [1.54, 1.807) is 6.07 Å². The zero-order chi connectivity index (χ0) is 15.3. The minimum Gasteiger partial charge on any atom is -0.316 e. The summed E-state index contributed by atoms with van der Waals surface area (Å²) in [5.74, 6) is -0.302. The molecule has 118 valence electrons. The minimum absolute atomic E-state index is 0.177. The van der Waals surface area contributed by atoms with Crippen molar-refractivity contribution >= 4 is 0 Å². The van der Waals surface area contributed by atoms with Crippen LogP contribution in [0.15, 0.2) is 18.2 Å². The van der Waals surface area contributed by atoms with Gasteiger partial charge in [-0.1, -0.05) is 45.6 Å². The van der Waals surface area contributed by atoms with Crippen LogP contribution >= 0.6 is 0 Å². The first-order valence-corrected chi connectivity index (χ1v) is 8.20. The van der Waals surface area contributed by atoms with Crippen LogP contribution < -0.4 is 5.32 Å². The third-order valence-corrected chi connectivity index (χ3v) is 4.58. The van der Waals surface area contributed by atoms with Crippen LogP contribution in [-0.4, -0.2) is 13.1 Å². The molecule has 1 aliphatic carbocycles. The Balaban J connectivity index is 2.25. The molecular weight excluding hydrogens is 268 g/mol. The Bertz CT molecular complexity index is 449. The molecule has 1 N–H and O–H groups in total. The van der Waals surface area contributed by atoms with Crippen molar-refractivity contribution in [3.8, 4) is 0 Å². The van der Waals surface area contributed by atoms with Crippen molar-refractivity contribution in [2.45, 2.75) is 57.8 Å². The molecule has 0 radical (unpaired) electrons. The van der Waals surface area contributed by atoms with Gasteiger partial charge in [0.15, 0.2) is 0 Å². The number of hydrogen-bond acceptors (Lipinski definition) is 1. The highest BCUT2D eigenvalue weighted by molar-refractivity contribution is 5.28. The van der Waals surface area contributed by atoms with Crippen LogP contribution in [0.25, 0.3) is 0 Å². The molecule has 1 aromatic rings. The van der Waals surface area contributed by atoms with Crippen molar-refractivity contribution in [2.75, 3.05) is 13.1 Å². The monoisotopic (exact) mass is 295 g/mol. The highest BCUT2D eigenvalue weighted by Gasteiger charge is 2.34. The van der Waals surface area contributed by atoms with E-state index in [9.17, 15) is 8.78 Å². The van der Waals surface area contributed by atoms with E-state index in [-0.39, 0.29) is 11.2 Å². The van der Waals surface area contributed by atoms with E-state index in [1.165, 1.54) is 18.9 Å². The van der Waals surface area contributed by atoms with Crippen LogP contribution in [0.1, 0.15) is 57.9 Å². The van der Waals surface area contributed by atoms with Crippen LogP contribution in [0.4, 0.5) is 8.78 Å². The third-order valence-electron chi connectivity index (χ3n) is 4.58. The Hall–Kier alpha value is -0.960. The second-order valence-corrected chi connectivity index (χ2v) is 6.84. The van der Waals surface area contributed by atoms with Gasteiger partial charge in [-0.3, -0.25) is 0 Å². The summed E-state index contributed by atoms with van der Waals surface area (Å²) < 4.78 is 27.6. The molecule has 0 aliphatic heterocycles. The number of benzene rings is 1. The molecular formula is C18H27F2N. The molecule has 0 atom stereocenters. The molecule has 1 aliphatic rings. The van der Waals surface area contributed by atoms with Gasteiger partial charge in [0.2, 0.25) is 0 Å². The van der Waals surface area contributed by atoms with E-state index in [4.69, 9.17) is 0 Å². The van der Waals surface area contributed by atoms with Crippen LogP contribution in [-0.2, 0) is 5.41 Å². The molecule has 1 fully saturated rings. The van der Waals surface area contributed by atoms with Gasteiger partial charge in [-0.05, 0) is 36.9 Å². The van der Waals surface area contributed by atoms with Crippen molar-refractivity contribution < 1.29 is 8.78 Å². The molecule has 1 saturated carbocycles. The van der Waals surface area contributed by atoms with Gasteiger partial charge in [0.1, 0.15) is 11.6 Å². The SMILES string of the molecule is CC(C)CNCC1(c2ccc(F)cc2F)CCCCCC1. The lowest BCUT2D eigenvalue weighted by atomic mass is 9.74. The molecule has 0 spiro atoms. The van der Waals surface area contributed by atoms with Gasteiger partial charge in [-0.15, -0.1) is 0 Å². The van der Waals surface area contributed by atoms with Crippen LogP contribution in [0, 0.1) is 17.6 Å². The van der Waals surface area contributed by atoms with E-state index in [2.05, 4.69) is 19.2 Å². The zero-order valence-electron chi connectivity index (χ0n) is 13.2. The second-order valence-electron chi connectivity index (χ2n) is 6.84. The lowest BCUT2D eigenvalue weighted by molar-refractivity contribution is 0.327. The second kappa shape index (κ2) is 7.35. The Morgan fingerprint density at radius 1 is 1.10 bits per heavy atom. The standard InChI is InChI=1S/C18H27F2N/c1-14(2)12-21-13-18(9-5-3-4-6-10-18)16-8-7-15(19)11-17(16)20/h7-8,11,14,21H,3-6,9-10,12-13H2,1-2H3. The van der Waals surface area contributed by atoms with Gasteiger partial charge >= 0.3 is 0 Å². The van der Waals surface area contributed by atoms with Gasteiger partial charge in [-0.25, -0.2) is 8.78 Å². The maximum absolute atomic E-state index is 14.3. The summed E-state index contributed by atoms with van der Waals surface area (Å²) in [6.07, 6.45) is 6.66. The zero-order valence-corrected chi connectivity index (χ0v) is 13.2. The Morgan fingerprint density at radius 2 is 1.76 bits per heavy atom. The number of hydrogen-bond donors (Lipinski definition) is 1. The lowest BCUT2D eigenvalue weighted by Gasteiger charge is -2.34. The Morgan fingerprint density at radius 3 is 2.33 bits per heavy atom. The first-order chi connectivity index (χ1) is 10.0. The maximum Gasteiger partial charge on any atom is 0.129 e. The molecule has 3 heteroatoms. The molecule has 0 aromatic heterocycles. The summed E-state index contributed by atoms with van der Waals surface area (Å²) in [5, 5.41) is 3.50. The lowest BCUT2D eigenvalue weighted by Crippen LogP contribution is -2.40. The molecule has 0 amide bonds. The topological polar surface area (TPSA) is 12.0 Å². The quantitative estimate of drug-likeness (QED) is 0.769. The average molecular weight is 295 g/mol. The summed E-state index contributed by atoms with van der Waals surface area (Å²) in [6, 6.07) is 4.09. The van der Waals surface area contributed by atoms with Crippen molar-refractivity contribution in [1.29, 1.82) is 0 Å². The first-order valence-electron chi connectivity index (χ1n) is 8.20. The summed E-state index contributed by atoms with van der Waals surface area (Å²) >= 11 is 0. The molecule has 0 heterocycles. The van der Waals surface area contributed by atoms with Gasteiger partial charge in [0, 0.05) is 18.0 Å². The van der Waals surface area contributed by atoms with E-state index in [1.807, 2.05) is 0 Å². The van der Waals surface area contributed by atoms with E-state index >= 15 is 0 Å². The van der Waals surface area contributed by atoms with Crippen molar-refractivity contribution in [2.24, 2.45) is 5.92 Å². The molecule has 21 heavy (non-hydrogen) atoms. The fourth-order valence-electron chi connectivity index (χ4n) is 3.47. The highest BCUT2D eigenvalue weighted by atomic mass is 19.1. The number of rotatable bonds is 5. The number of halogens is 2. The average Bonchev–Trinajstić information content (AvgIpc) is 2.64. The normalized spacial score (nSPS) is 18.7. The molecule has 0 unspecified atom stereocenters. The van der Waals surface area contributed by atoms with Crippen molar-refractivity contribution in [1.82, 2.24) is 5.32 Å². The Kier molecular flexibility index (Phi) is 5.74. The molecule has 2 rings (SSSR count). The first kappa shape index (κ1) is 16.4. The third kappa shape index (κ3) is 4.26. The Labute approximate surface area is 127 Å². The van der Waals surface area contributed by atoms with E-state index in [0.717, 1.165) is 44.8 Å². The van der Waals surface area contributed by atoms with Crippen LogP contribution in [0.5, 0.6) is 0 Å². The van der Waals surface area contributed by atoms with Crippen LogP contribution in [0.3, 0.4) is 0 Å². The molecule has 1 nitrogen and oxygen atoms in total. The smallest absolute Gasteiger partial charge is 0.129 e. The van der Waals surface area contributed by atoms with Gasteiger partial charge in [0.25, 0.3) is 0 Å². The highest BCUT2D eigenvalue weighted by Crippen LogP contribution is 2.39. The fourth-order valence-corrected chi connectivity index (χ4v) is 3.47. The van der Waals surface area contributed by atoms with Gasteiger partial charge in [-0.2, -0.15) is 0 Å². The van der Waals surface area contributed by atoms with E-state index < -0.39 is 5.82 Å². The van der Waals surface area contributed by atoms with Gasteiger partial charge < -0.3 is 5.32 Å². The van der Waals surface area contributed by atoms with Gasteiger partial charge in [0.05, 0.1) is 0 Å². The molecule has 0 bridgehead atoms. The molecule has 0 saturated heterocycles. The minimum atomic E-state index is -0.491. The summed E-state index contributed by atoms with van der Waals surface area (Å²) in [6.45, 7) is 6.06. The number of nitrogens with one attached hydrogen (secondary N) is 1. The van der Waals surface area contributed by atoms with Crippen LogP contribution in [0.2, 0.25) is 0 Å². The summed E-state index contributed by atoms with van der Waals surface area (Å²) in [7, 11) is 0. The molecule has 1 aromatic carbocycles. The van der Waals surface area contributed by atoms with Crippen molar-refractivity contribution in [3.05, 3.63) is 35.4 Å². The predicted octanol–water partition coefficient (Wildman–Crippen LogP) is 4.80. The summed E-state index contributed by atoms with van der Waals surface area (Å²) in [5.41, 5.74) is 0.519. The summed E-state index contributed by atoms with van der Waals surface area (Å²) in [4.78, 5) is 0. The van der Waals surface area contributed by atoms with Crippen molar-refractivity contribution in [3.63, 3.8) is 0 Å². The fraction of sp³-hybridized carbons (Fsp3) is 0.667. The maximum atomic E-state index is 14.3. The largest absolute Gasteiger partial charge is 0.316 e. The van der Waals surface area contributed by atoms with E-state index in [0.29, 0.717) is 11.5 Å².